The Morgan fingerprint density at radius 1 is 1.26 bits per heavy atom. The standard InChI is InChI=1S/C22H24N4O3S2/c1-13-7-6-8-14(11-13)19-24-25-22(26(19)2)30-12-17(27)23-20-18(21(28)29-3)15-9-4-5-10-16(15)31-20/h6-8,11H,4-5,9-10,12H2,1-3H3,(H,23,27). The molecule has 162 valence electrons. The Balaban J connectivity index is 1.46. The zero-order valence-corrected chi connectivity index (χ0v) is 19.4. The van der Waals surface area contributed by atoms with E-state index in [4.69, 9.17) is 4.74 Å². The summed E-state index contributed by atoms with van der Waals surface area (Å²) in [7, 11) is 3.26. The SMILES string of the molecule is COC(=O)c1c(NC(=O)CSc2nnc(-c3cccc(C)c3)n2C)sc2c1CCCC2. The van der Waals surface area contributed by atoms with Crippen LogP contribution < -0.4 is 5.32 Å². The van der Waals surface area contributed by atoms with E-state index in [2.05, 4.69) is 21.6 Å². The van der Waals surface area contributed by atoms with Gasteiger partial charge in [-0.1, -0.05) is 35.5 Å². The van der Waals surface area contributed by atoms with E-state index in [1.54, 1.807) is 0 Å². The van der Waals surface area contributed by atoms with Crippen LogP contribution in [0.1, 0.15) is 39.2 Å². The average molecular weight is 457 g/mol. The summed E-state index contributed by atoms with van der Waals surface area (Å²) in [6, 6.07) is 8.06. The maximum atomic E-state index is 12.7. The number of carbonyl (C=O) groups is 2. The van der Waals surface area contributed by atoms with Crippen molar-refractivity contribution in [1.29, 1.82) is 0 Å². The number of amides is 1. The molecule has 0 saturated heterocycles. The molecule has 0 fully saturated rings. The molecule has 9 heteroatoms. The third-order valence-corrected chi connectivity index (χ3v) is 7.48. The Morgan fingerprint density at radius 3 is 2.84 bits per heavy atom. The number of hydrogen-bond acceptors (Lipinski definition) is 7. The lowest BCUT2D eigenvalue weighted by Crippen LogP contribution is -2.17. The lowest BCUT2D eigenvalue weighted by molar-refractivity contribution is -0.113. The Bertz CT molecular complexity index is 1140. The number of rotatable bonds is 6. The van der Waals surface area contributed by atoms with Crippen LogP contribution in [-0.2, 0) is 29.4 Å². The molecule has 0 spiro atoms. The number of aromatic nitrogens is 3. The number of anilines is 1. The predicted molar refractivity (Wildman–Crippen MR) is 123 cm³/mol. The molecule has 0 radical (unpaired) electrons. The van der Waals surface area contributed by atoms with Crippen LogP contribution in [0.2, 0.25) is 0 Å². The number of esters is 1. The normalized spacial score (nSPS) is 13.0. The van der Waals surface area contributed by atoms with Crippen molar-refractivity contribution < 1.29 is 14.3 Å². The number of hydrogen-bond donors (Lipinski definition) is 1. The fraction of sp³-hybridized carbons (Fsp3) is 0.364. The zero-order valence-electron chi connectivity index (χ0n) is 17.7. The van der Waals surface area contributed by atoms with Gasteiger partial charge in [0.15, 0.2) is 11.0 Å². The van der Waals surface area contributed by atoms with Crippen molar-refractivity contribution in [2.75, 3.05) is 18.2 Å². The van der Waals surface area contributed by atoms with E-state index >= 15 is 0 Å². The summed E-state index contributed by atoms with van der Waals surface area (Å²) in [6.45, 7) is 2.03. The van der Waals surface area contributed by atoms with Gasteiger partial charge in [-0.2, -0.15) is 0 Å². The van der Waals surface area contributed by atoms with Crippen LogP contribution in [0.25, 0.3) is 11.4 Å². The van der Waals surface area contributed by atoms with Crippen LogP contribution in [0.4, 0.5) is 5.00 Å². The minimum atomic E-state index is -0.390. The molecule has 0 unspecified atom stereocenters. The van der Waals surface area contributed by atoms with E-state index in [9.17, 15) is 9.59 Å². The Hall–Kier alpha value is -2.65. The molecule has 2 aromatic heterocycles. The topological polar surface area (TPSA) is 86.1 Å². The third-order valence-electron chi connectivity index (χ3n) is 5.26. The molecule has 31 heavy (non-hydrogen) atoms. The average Bonchev–Trinajstić information content (AvgIpc) is 3.31. The number of aryl methyl sites for hydroxylation is 2. The van der Waals surface area contributed by atoms with Crippen molar-refractivity contribution in [3.05, 3.63) is 45.8 Å². The van der Waals surface area contributed by atoms with Crippen LogP contribution in [0.5, 0.6) is 0 Å². The van der Waals surface area contributed by atoms with Gasteiger partial charge in [0.05, 0.1) is 18.4 Å². The maximum Gasteiger partial charge on any atom is 0.341 e. The highest BCUT2D eigenvalue weighted by Gasteiger charge is 2.27. The number of methoxy groups -OCH3 is 1. The molecule has 0 atom stereocenters. The number of benzene rings is 1. The Kier molecular flexibility index (Phi) is 6.43. The van der Waals surface area contributed by atoms with Gasteiger partial charge in [0.1, 0.15) is 5.00 Å². The van der Waals surface area contributed by atoms with Crippen LogP contribution >= 0.6 is 23.1 Å². The monoisotopic (exact) mass is 456 g/mol. The van der Waals surface area contributed by atoms with Gasteiger partial charge in [-0.15, -0.1) is 21.5 Å². The molecule has 0 saturated carbocycles. The van der Waals surface area contributed by atoms with E-state index in [-0.39, 0.29) is 11.7 Å². The van der Waals surface area contributed by atoms with E-state index in [1.807, 2.05) is 36.7 Å². The van der Waals surface area contributed by atoms with Crippen molar-refractivity contribution >= 4 is 40.0 Å². The van der Waals surface area contributed by atoms with Gasteiger partial charge in [0, 0.05) is 17.5 Å². The first-order valence-electron chi connectivity index (χ1n) is 10.1. The highest BCUT2D eigenvalue weighted by atomic mass is 32.2. The Labute approximate surface area is 189 Å². The summed E-state index contributed by atoms with van der Waals surface area (Å²) in [5, 5.41) is 12.7. The number of thiophene rings is 1. The summed E-state index contributed by atoms with van der Waals surface area (Å²) < 4.78 is 6.86. The fourth-order valence-electron chi connectivity index (χ4n) is 3.74. The first-order chi connectivity index (χ1) is 15.0. The van der Waals surface area contributed by atoms with Crippen LogP contribution in [-0.4, -0.2) is 39.5 Å². The van der Waals surface area contributed by atoms with E-state index in [0.29, 0.717) is 15.7 Å². The second-order valence-corrected chi connectivity index (χ2v) is 9.53. The van der Waals surface area contributed by atoms with Crippen LogP contribution in [0.15, 0.2) is 29.4 Å². The van der Waals surface area contributed by atoms with Gasteiger partial charge in [-0.05, 0) is 44.2 Å². The van der Waals surface area contributed by atoms with Gasteiger partial charge < -0.3 is 14.6 Å². The van der Waals surface area contributed by atoms with E-state index in [1.165, 1.54) is 35.1 Å². The molecule has 1 aromatic carbocycles. The van der Waals surface area contributed by atoms with Gasteiger partial charge in [-0.25, -0.2) is 4.79 Å². The summed E-state index contributed by atoms with van der Waals surface area (Å²) in [4.78, 5) is 26.2. The van der Waals surface area contributed by atoms with Gasteiger partial charge in [-0.3, -0.25) is 4.79 Å². The molecule has 3 aromatic rings. The molecule has 1 N–H and O–H groups in total. The number of fused-ring (bicyclic) bond motifs is 1. The summed E-state index contributed by atoms with van der Waals surface area (Å²) in [6.07, 6.45) is 3.94. The quantitative estimate of drug-likeness (QED) is 0.441. The largest absolute Gasteiger partial charge is 0.465 e. The lowest BCUT2D eigenvalue weighted by Gasteiger charge is -2.11. The van der Waals surface area contributed by atoms with E-state index < -0.39 is 5.97 Å². The fourth-order valence-corrected chi connectivity index (χ4v) is 5.75. The lowest BCUT2D eigenvalue weighted by atomic mass is 9.95. The highest BCUT2D eigenvalue weighted by Crippen LogP contribution is 2.38. The van der Waals surface area contributed by atoms with Crippen molar-refractivity contribution in [1.82, 2.24) is 14.8 Å². The second-order valence-electron chi connectivity index (χ2n) is 7.48. The molecular formula is C22H24N4O3S2. The minimum absolute atomic E-state index is 0.170. The molecule has 1 aliphatic carbocycles. The maximum absolute atomic E-state index is 12.7. The van der Waals surface area contributed by atoms with Crippen molar-refractivity contribution in [3.63, 3.8) is 0 Å². The smallest absolute Gasteiger partial charge is 0.341 e. The number of thioether (sulfide) groups is 1. The molecule has 0 bridgehead atoms. The molecule has 2 heterocycles. The van der Waals surface area contributed by atoms with Crippen LogP contribution in [0.3, 0.4) is 0 Å². The molecular weight excluding hydrogens is 432 g/mol. The van der Waals surface area contributed by atoms with Gasteiger partial charge in [0.2, 0.25) is 5.91 Å². The minimum Gasteiger partial charge on any atom is -0.465 e. The van der Waals surface area contributed by atoms with Gasteiger partial charge >= 0.3 is 5.97 Å². The Morgan fingerprint density at radius 2 is 2.06 bits per heavy atom. The van der Waals surface area contributed by atoms with Crippen LogP contribution in [0, 0.1) is 6.92 Å². The molecule has 1 amide bonds. The highest BCUT2D eigenvalue weighted by molar-refractivity contribution is 7.99. The predicted octanol–water partition coefficient (Wildman–Crippen LogP) is 4.25. The number of ether oxygens (including phenoxy) is 1. The number of nitrogens with zero attached hydrogens (tertiary/aromatic N) is 3. The summed E-state index contributed by atoms with van der Waals surface area (Å²) in [5.41, 5.74) is 3.68. The second kappa shape index (κ2) is 9.23. The molecule has 4 rings (SSSR count). The van der Waals surface area contributed by atoms with Crippen molar-refractivity contribution in [2.24, 2.45) is 7.05 Å². The first-order valence-corrected chi connectivity index (χ1v) is 11.9. The zero-order chi connectivity index (χ0) is 22.0. The molecule has 0 aliphatic heterocycles. The summed E-state index contributed by atoms with van der Waals surface area (Å²) >= 11 is 2.80. The third kappa shape index (κ3) is 4.52. The molecule has 7 nitrogen and oxygen atoms in total. The van der Waals surface area contributed by atoms with Crippen molar-refractivity contribution in [2.45, 2.75) is 37.8 Å². The number of carbonyl (C=O) groups excluding carboxylic acids is 2. The molecule has 1 aliphatic rings. The first kappa shape index (κ1) is 21.6. The van der Waals surface area contributed by atoms with Gasteiger partial charge in [0.25, 0.3) is 0 Å². The van der Waals surface area contributed by atoms with Crippen molar-refractivity contribution in [3.8, 4) is 11.4 Å². The van der Waals surface area contributed by atoms with E-state index in [0.717, 1.165) is 48.2 Å². The summed E-state index contributed by atoms with van der Waals surface area (Å²) in [5.74, 6) is 0.348. The number of nitrogens with one attached hydrogen (secondary N) is 1.